The lowest BCUT2D eigenvalue weighted by molar-refractivity contribution is 0.251. The Kier molecular flexibility index (Phi) is 6.86. The van der Waals surface area contributed by atoms with Gasteiger partial charge >= 0.3 is 6.03 Å². The normalized spacial score (nSPS) is 11.3. The summed E-state index contributed by atoms with van der Waals surface area (Å²) in [6, 6.07) is 11.1. The van der Waals surface area contributed by atoms with Crippen molar-refractivity contribution < 1.29 is 14.3 Å². The molecule has 8 nitrogen and oxygen atoms in total. The number of halogens is 1. The molecular weight excluding hydrogens is 399 g/mol. The lowest BCUT2D eigenvalue weighted by atomic mass is 9.92. The number of aliphatic hydroxyl groups excluding tert-OH is 1. The molecule has 31 heavy (non-hydrogen) atoms. The fourth-order valence-corrected chi connectivity index (χ4v) is 2.85. The average molecular weight is 426 g/mol. The molecule has 0 spiro atoms. The van der Waals surface area contributed by atoms with Crippen LogP contribution >= 0.6 is 0 Å². The molecule has 0 bridgehead atoms. The van der Waals surface area contributed by atoms with Gasteiger partial charge in [-0.05, 0) is 36.4 Å². The maximum absolute atomic E-state index is 13.7. The van der Waals surface area contributed by atoms with E-state index in [1.807, 2.05) is 26.8 Å². The molecule has 0 aliphatic carbocycles. The summed E-state index contributed by atoms with van der Waals surface area (Å²) in [5.41, 5.74) is 2.48. The van der Waals surface area contributed by atoms with E-state index in [9.17, 15) is 9.18 Å². The number of carbonyl (C=O) groups excluding carboxylic acids is 1. The van der Waals surface area contributed by atoms with Gasteiger partial charge in [-0.1, -0.05) is 26.8 Å². The number of hydrogen-bond donors (Lipinski definition) is 4. The van der Waals surface area contributed by atoms with Crippen molar-refractivity contribution in [3.63, 3.8) is 0 Å². The largest absolute Gasteiger partial charge is 0.395 e. The van der Waals surface area contributed by atoms with Crippen LogP contribution in [0.4, 0.5) is 20.7 Å². The van der Waals surface area contributed by atoms with Crippen LogP contribution in [0.15, 0.2) is 48.7 Å². The number of nitrogens with zero attached hydrogens (tertiary/aromatic N) is 3. The predicted octanol–water partition coefficient (Wildman–Crippen LogP) is 3.43. The Balaban J connectivity index is 1.70. The molecule has 0 saturated carbocycles. The van der Waals surface area contributed by atoms with Gasteiger partial charge in [-0.3, -0.25) is 0 Å². The van der Waals surface area contributed by atoms with Gasteiger partial charge in [0.05, 0.1) is 42.1 Å². The summed E-state index contributed by atoms with van der Waals surface area (Å²) >= 11 is 0. The van der Waals surface area contributed by atoms with Crippen molar-refractivity contribution >= 4 is 17.5 Å². The number of pyridine rings is 1. The maximum atomic E-state index is 13.7. The van der Waals surface area contributed by atoms with E-state index in [0.29, 0.717) is 23.7 Å². The predicted molar refractivity (Wildman–Crippen MR) is 118 cm³/mol. The molecule has 0 saturated heterocycles. The fraction of sp³-hybridized carbons (Fsp3) is 0.318. The third-order valence-electron chi connectivity index (χ3n) is 4.47. The highest BCUT2D eigenvalue weighted by atomic mass is 19.1. The molecule has 0 unspecified atom stereocenters. The molecule has 2 aromatic heterocycles. The van der Waals surface area contributed by atoms with Gasteiger partial charge < -0.3 is 21.1 Å². The molecule has 0 fully saturated rings. The van der Waals surface area contributed by atoms with Crippen LogP contribution in [-0.2, 0) is 12.0 Å². The highest BCUT2D eigenvalue weighted by molar-refractivity contribution is 5.89. The fourth-order valence-electron chi connectivity index (χ4n) is 2.85. The summed E-state index contributed by atoms with van der Waals surface area (Å²) in [5, 5.41) is 21.9. The summed E-state index contributed by atoms with van der Waals surface area (Å²) in [6.45, 7) is 6.74. The van der Waals surface area contributed by atoms with Crippen LogP contribution in [0.1, 0.15) is 32.2 Å². The SMILES string of the molecule is CC(C)(C)c1cc(CNC(=O)Nc2ccc(NCCO)nc2)n(-c2cccc(F)c2)n1. The molecular formula is C22H27FN6O2. The second-order valence-electron chi connectivity index (χ2n) is 8.05. The smallest absolute Gasteiger partial charge is 0.319 e. The van der Waals surface area contributed by atoms with Crippen molar-refractivity contribution in [3.8, 4) is 5.69 Å². The summed E-state index contributed by atoms with van der Waals surface area (Å²) in [5.74, 6) is 0.250. The lowest BCUT2D eigenvalue weighted by Crippen LogP contribution is -2.29. The van der Waals surface area contributed by atoms with E-state index in [1.54, 1.807) is 28.9 Å². The van der Waals surface area contributed by atoms with Crippen molar-refractivity contribution in [2.24, 2.45) is 0 Å². The van der Waals surface area contributed by atoms with Crippen molar-refractivity contribution in [1.82, 2.24) is 20.1 Å². The Morgan fingerprint density at radius 1 is 1.19 bits per heavy atom. The van der Waals surface area contributed by atoms with E-state index < -0.39 is 6.03 Å². The summed E-state index contributed by atoms with van der Waals surface area (Å²) in [4.78, 5) is 16.5. The Hall–Kier alpha value is -3.46. The molecule has 3 rings (SSSR count). The van der Waals surface area contributed by atoms with Gasteiger partial charge in [0.15, 0.2) is 0 Å². The third-order valence-corrected chi connectivity index (χ3v) is 4.47. The molecule has 3 aromatic rings. The zero-order valence-corrected chi connectivity index (χ0v) is 17.8. The van der Waals surface area contributed by atoms with E-state index in [2.05, 4.69) is 26.0 Å². The number of amides is 2. The number of nitrogens with one attached hydrogen (secondary N) is 3. The van der Waals surface area contributed by atoms with Gasteiger partial charge in [0.1, 0.15) is 11.6 Å². The molecule has 4 N–H and O–H groups in total. The lowest BCUT2D eigenvalue weighted by Gasteiger charge is -2.14. The molecule has 0 aliphatic rings. The second-order valence-corrected chi connectivity index (χ2v) is 8.05. The van der Waals surface area contributed by atoms with Gasteiger partial charge in [0, 0.05) is 12.0 Å². The highest BCUT2D eigenvalue weighted by Gasteiger charge is 2.21. The van der Waals surface area contributed by atoms with Gasteiger partial charge in [-0.2, -0.15) is 5.10 Å². The standard InChI is InChI=1S/C22H27FN6O2/c1-22(2,3)19-12-18(29(28-19)17-6-4-5-15(23)11-17)14-26-21(31)27-16-7-8-20(25-13-16)24-9-10-30/h4-8,11-13,30H,9-10,14H2,1-3H3,(H,24,25)(H2,26,27,31). The van der Waals surface area contributed by atoms with Crippen molar-refractivity contribution in [2.75, 3.05) is 23.8 Å². The Morgan fingerprint density at radius 3 is 2.65 bits per heavy atom. The van der Waals surface area contributed by atoms with Gasteiger partial charge in [0.2, 0.25) is 0 Å². The van der Waals surface area contributed by atoms with Crippen LogP contribution in [0.25, 0.3) is 5.69 Å². The first kappa shape index (κ1) is 22.2. The van der Waals surface area contributed by atoms with E-state index >= 15 is 0 Å². The number of urea groups is 1. The number of rotatable bonds is 7. The van der Waals surface area contributed by atoms with E-state index in [-0.39, 0.29) is 24.4 Å². The van der Waals surface area contributed by atoms with Crippen LogP contribution in [0.5, 0.6) is 0 Å². The quantitative estimate of drug-likeness (QED) is 0.463. The van der Waals surface area contributed by atoms with Gasteiger partial charge in [0.25, 0.3) is 0 Å². The number of aromatic nitrogens is 3. The first-order chi connectivity index (χ1) is 14.8. The van der Waals surface area contributed by atoms with E-state index in [4.69, 9.17) is 5.11 Å². The molecule has 164 valence electrons. The number of aliphatic hydroxyl groups is 1. The van der Waals surface area contributed by atoms with Crippen LogP contribution < -0.4 is 16.0 Å². The molecule has 0 aliphatic heterocycles. The average Bonchev–Trinajstić information content (AvgIpc) is 3.17. The minimum absolute atomic E-state index is 0.00716. The number of benzene rings is 1. The first-order valence-electron chi connectivity index (χ1n) is 9.97. The van der Waals surface area contributed by atoms with Crippen LogP contribution in [0, 0.1) is 5.82 Å². The zero-order valence-electron chi connectivity index (χ0n) is 17.8. The highest BCUT2D eigenvalue weighted by Crippen LogP contribution is 2.24. The minimum atomic E-state index is -0.401. The number of carbonyl (C=O) groups is 1. The molecule has 0 atom stereocenters. The minimum Gasteiger partial charge on any atom is -0.395 e. The van der Waals surface area contributed by atoms with Crippen LogP contribution in [-0.4, -0.2) is 39.1 Å². The molecule has 2 heterocycles. The number of hydrogen-bond acceptors (Lipinski definition) is 5. The summed E-state index contributed by atoms with van der Waals surface area (Å²) in [7, 11) is 0. The Morgan fingerprint density at radius 2 is 2.00 bits per heavy atom. The Bertz CT molecular complexity index is 1030. The molecule has 1 aromatic carbocycles. The second kappa shape index (κ2) is 9.57. The maximum Gasteiger partial charge on any atom is 0.319 e. The van der Waals surface area contributed by atoms with Crippen LogP contribution in [0.3, 0.4) is 0 Å². The van der Waals surface area contributed by atoms with Gasteiger partial charge in [-0.25, -0.2) is 18.9 Å². The van der Waals surface area contributed by atoms with Crippen molar-refractivity contribution in [2.45, 2.75) is 32.7 Å². The summed E-state index contributed by atoms with van der Waals surface area (Å²) < 4.78 is 15.4. The van der Waals surface area contributed by atoms with E-state index in [0.717, 1.165) is 11.4 Å². The molecule has 0 radical (unpaired) electrons. The monoisotopic (exact) mass is 426 g/mol. The molecule has 9 heteroatoms. The van der Waals surface area contributed by atoms with E-state index in [1.165, 1.54) is 18.3 Å². The molecule has 2 amide bonds. The summed E-state index contributed by atoms with van der Waals surface area (Å²) in [6.07, 6.45) is 1.52. The van der Waals surface area contributed by atoms with Gasteiger partial charge in [-0.15, -0.1) is 0 Å². The first-order valence-corrected chi connectivity index (χ1v) is 9.97. The number of anilines is 2. The van der Waals surface area contributed by atoms with Crippen LogP contribution in [0.2, 0.25) is 0 Å². The zero-order chi connectivity index (χ0) is 22.4. The third kappa shape index (κ3) is 6.02. The van der Waals surface area contributed by atoms with Crippen molar-refractivity contribution in [1.29, 1.82) is 0 Å². The van der Waals surface area contributed by atoms with Crippen molar-refractivity contribution in [3.05, 3.63) is 65.9 Å². The topological polar surface area (TPSA) is 104 Å². The Labute approximate surface area is 180 Å².